The van der Waals surface area contributed by atoms with Gasteiger partial charge in [-0.1, -0.05) is 24.6 Å². The van der Waals surface area contributed by atoms with Gasteiger partial charge >= 0.3 is 0 Å². The van der Waals surface area contributed by atoms with E-state index in [0.717, 1.165) is 25.0 Å². The Morgan fingerprint density at radius 2 is 1.92 bits per heavy atom. The van der Waals surface area contributed by atoms with Crippen molar-refractivity contribution < 1.29 is 9.59 Å². The molecule has 5 nitrogen and oxygen atoms in total. The van der Waals surface area contributed by atoms with Gasteiger partial charge in [-0.15, -0.1) is 22.9 Å². The van der Waals surface area contributed by atoms with Gasteiger partial charge in [0.1, 0.15) is 0 Å². The van der Waals surface area contributed by atoms with Crippen molar-refractivity contribution in [2.24, 2.45) is 0 Å². The second-order valence-electron chi connectivity index (χ2n) is 5.26. The van der Waals surface area contributed by atoms with Crippen molar-refractivity contribution in [2.75, 3.05) is 11.9 Å². The van der Waals surface area contributed by atoms with E-state index >= 15 is 0 Å². The molecule has 1 heterocycles. The van der Waals surface area contributed by atoms with Crippen LogP contribution in [0.5, 0.6) is 0 Å². The summed E-state index contributed by atoms with van der Waals surface area (Å²) in [6, 6.07) is 9.13. The molecular weight excluding hydrogens is 346 g/mol. The highest BCUT2D eigenvalue weighted by atomic mass is 35.5. The number of anilines is 1. The van der Waals surface area contributed by atoms with Gasteiger partial charge in [-0.2, -0.15) is 0 Å². The highest BCUT2D eigenvalue weighted by Gasteiger charge is 2.06. The quantitative estimate of drug-likeness (QED) is 0.524. The lowest BCUT2D eigenvalue weighted by Crippen LogP contribution is -2.24. The molecule has 0 saturated carbocycles. The first-order valence-electron chi connectivity index (χ1n) is 7.82. The molecule has 2 rings (SSSR count). The number of nitrogens with one attached hydrogen (secondary N) is 2. The van der Waals surface area contributed by atoms with Crippen LogP contribution in [0.2, 0.25) is 0 Å². The van der Waals surface area contributed by atoms with Crippen molar-refractivity contribution in [1.29, 1.82) is 0 Å². The topological polar surface area (TPSA) is 71.1 Å². The molecule has 0 unspecified atom stereocenters. The Bertz CT molecular complexity index is 661. The predicted molar refractivity (Wildman–Crippen MR) is 97.5 cm³/mol. The second kappa shape index (κ2) is 10.1. The number of carbonyl (C=O) groups excluding carboxylic acids is 2. The smallest absolute Gasteiger partial charge is 0.251 e. The number of unbranched alkanes of at least 4 members (excludes halogenated alkanes) is 2. The average Bonchev–Trinajstić information content (AvgIpc) is 3.06. The first kappa shape index (κ1) is 18.4. The van der Waals surface area contributed by atoms with Gasteiger partial charge in [-0.05, 0) is 25.0 Å². The molecule has 128 valence electrons. The minimum absolute atomic E-state index is 0.0428. The van der Waals surface area contributed by atoms with Crippen LogP contribution in [0.25, 0.3) is 0 Å². The zero-order valence-electron chi connectivity index (χ0n) is 13.3. The van der Waals surface area contributed by atoms with Gasteiger partial charge in [0.2, 0.25) is 5.91 Å². The monoisotopic (exact) mass is 365 g/mol. The normalized spacial score (nSPS) is 10.4. The van der Waals surface area contributed by atoms with Crippen molar-refractivity contribution in [3.05, 3.63) is 47.0 Å². The molecule has 0 radical (unpaired) electrons. The Kier molecular flexibility index (Phi) is 7.71. The van der Waals surface area contributed by atoms with Gasteiger partial charge in [0.15, 0.2) is 5.13 Å². The minimum atomic E-state index is -0.0628. The van der Waals surface area contributed by atoms with Gasteiger partial charge in [-0.3, -0.25) is 9.59 Å². The summed E-state index contributed by atoms with van der Waals surface area (Å²) in [5.41, 5.74) is 1.43. The van der Waals surface area contributed by atoms with Crippen molar-refractivity contribution in [3.63, 3.8) is 0 Å². The third kappa shape index (κ3) is 6.29. The van der Waals surface area contributed by atoms with E-state index in [9.17, 15) is 9.59 Å². The second-order valence-corrected chi connectivity index (χ2v) is 6.38. The molecule has 0 saturated heterocycles. The van der Waals surface area contributed by atoms with Crippen LogP contribution in [0.1, 0.15) is 41.7 Å². The molecule has 1 aromatic carbocycles. The standard InChI is InChI=1S/C17H20ClN3O2S/c18-11-14-12-24-17(20-14)21-15(22)9-5-2-6-10-19-16(23)13-7-3-1-4-8-13/h1,3-4,7-8,12H,2,5-6,9-11H2,(H,19,23)(H,20,21,22). The van der Waals surface area contributed by atoms with Crippen LogP contribution in [0, 0.1) is 0 Å². The molecule has 0 atom stereocenters. The van der Waals surface area contributed by atoms with Crippen molar-refractivity contribution in [1.82, 2.24) is 10.3 Å². The number of hydrogen-bond donors (Lipinski definition) is 2. The molecule has 2 amide bonds. The van der Waals surface area contributed by atoms with Crippen LogP contribution >= 0.6 is 22.9 Å². The summed E-state index contributed by atoms with van der Waals surface area (Å²) in [6.45, 7) is 0.612. The zero-order valence-corrected chi connectivity index (χ0v) is 14.8. The van der Waals surface area contributed by atoms with Crippen molar-refractivity contribution >= 4 is 39.9 Å². The third-order valence-electron chi connectivity index (χ3n) is 3.34. The van der Waals surface area contributed by atoms with Gasteiger partial charge in [0.05, 0.1) is 11.6 Å². The van der Waals surface area contributed by atoms with E-state index < -0.39 is 0 Å². The van der Waals surface area contributed by atoms with Gasteiger partial charge in [0.25, 0.3) is 5.91 Å². The average molecular weight is 366 g/mol. The lowest BCUT2D eigenvalue weighted by atomic mass is 10.1. The predicted octanol–water partition coefficient (Wildman–Crippen LogP) is 3.81. The van der Waals surface area contributed by atoms with Gasteiger partial charge < -0.3 is 10.6 Å². The number of thiazole rings is 1. The summed E-state index contributed by atoms with van der Waals surface area (Å²) in [6.07, 6.45) is 2.95. The molecule has 0 fully saturated rings. The highest BCUT2D eigenvalue weighted by molar-refractivity contribution is 7.13. The summed E-state index contributed by atoms with van der Waals surface area (Å²) in [5.74, 6) is 0.243. The van der Waals surface area contributed by atoms with E-state index in [1.807, 2.05) is 23.6 Å². The largest absolute Gasteiger partial charge is 0.352 e. The van der Waals surface area contributed by atoms with E-state index in [2.05, 4.69) is 15.6 Å². The van der Waals surface area contributed by atoms with Crippen LogP contribution in [0.3, 0.4) is 0 Å². The molecule has 2 aromatic rings. The van der Waals surface area contributed by atoms with E-state index in [4.69, 9.17) is 11.6 Å². The molecule has 0 bridgehead atoms. The number of amides is 2. The lowest BCUT2D eigenvalue weighted by molar-refractivity contribution is -0.116. The maximum Gasteiger partial charge on any atom is 0.251 e. The van der Waals surface area contributed by atoms with Gasteiger partial charge in [-0.25, -0.2) is 4.98 Å². The fourth-order valence-electron chi connectivity index (χ4n) is 2.09. The number of rotatable bonds is 9. The van der Waals surface area contributed by atoms with E-state index in [1.165, 1.54) is 11.3 Å². The van der Waals surface area contributed by atoms with Gasteiger partial charge in [0, 0.05) is 23.9 Å². The summed E-state index contributed by atoms with van der Waals surface area (Å²) >= 11 is 7.05. The highest BCUT2D eigenvalue weighted by Crippen LogP contribution is 2.17. The van der Waals surface area contributed by atoms with E-state index in [-0.39, 0.29) is 11.8 Å². The van der Waals surface area contributed by atoms with Crippen LogP contribution in [0.4, 0.5) is 5.13 Å². The number of aromatic nitrogens is 1. The maximum atomic E-state index is 11.8. The van der Waals surface area contributed by atoms with Crippen LogP contribution in [-0.2, 0) is 10.7 Å². The Morgan fingerprint density at radius 3 is 2.62 bits per heavy atom. The molecular formula is C17H20ClN3O2S. The number of benzene rings is 1. The molecule has 0 spiro atoms. The first-order valence-corrected chi connectivity index (χ1v) is 9.24. The Labute approximate surface area is 150 Å². The lowest BCUT2D eigenvalue weighted by Gasteiger charge is -2.05. The van der Waals surface area contributed by atoms with Crippen molar-refractivity contribution in [3.8, 4) is 0 Å². The van der Waals surface area contributed by atoms with Crippen molar-refractivity contribution in [2.45, 2.75) is 31.6 Å². The Morgan fingerprint density at radius 1 is 1.12 bits per heavy atom. The van der Waals surface area contributed by atoms with Crippen LogP contribution in [0.15, 0.2) is 35.7 Å². The van der Waals surface area contributed by atoms with E-state index in [0.29, 0.717) is 29.5 Å². The number of alkyl halides is 1. The Balaban J connectivity index is 1.54. The first-order chi connectivity index (χ1) is 11.7. The summed E-state index contributed by atoms with van der Waals surface area (Å²) in [7, 11) is 0. The minimum Gasteiger partial charge on any atom is -0.352 e. The zero-order chi connectivity index (χ0) is 17.2. The summed E-state index contributed by atoms with van der Waals surface area (Å²) in [5, 5.41) is 8.06. The fraction of sp³-hybridized carbons (Fsp3) is 0.353. The fourth-order valence-corrected chi connectivity index (χ4v) is 3.04. The number of hydrogen-bond acceptors (Lipinski definition) is 4. The maximum absolute atomic E-state index is 11.8. The van der Waals surface area contributed by atoms with Crippen LogP contribution in [-0.4, -0.2) is 23.3 Å². The van der Waals surface area contributed by atoms with E-state index in [1.54, 1.807) is 12.1 Å². The number of halogens is 1. The molecule has 24 heavy (non-hydrogen) atoms. The molecule has 0 aliphatic rings. The molecule has 7 heteroatoms. The molecule has 0 aliphatic carbocycles. The number of carbonyl (C=O) groups is 2. The van der Waals surface area contributed by atoms with Crippen LogP contribution < -0.4 is 10.6 Å². The Hall–Kier alpha value is -1.92. The summed E-state index contributed by atoms with van der Waals surface area (Å²) in [4.78, 5) is 27.8. The molecule has 2 N–H and O–H groups in total. The number of nitrogens with zero attached hydrogens (tertiary/aromatic N) is 1. The molecule has 0 aliphatic heterocycles. The molecule has 1 aromatic heterocycles. The SMILES string of the molecule is O=C(CCCCCNC(=O)c1ccccc1)Nc1nc(CCl)cs1. The third-order valence-corrected chi connectivity index (χ3v) is 4.42. The summed E-state index contributed by atoms with van der Waals surface area (Å²) < 4.78 is 0.